The molecule has 2 rings (SSSR count). The van der Waals surface area contributed by atoms with Gasteiger partial charge in [-0.05, 0) is 12.1 Å². The Morgan fingerprint density at radius 2 is 2.22 bits per heavy atom. The van der Waals surface area contributed by atoms with Crippen molar-refractivity contribution in [2.24, 2.45) is 0 Å². The lowest BCUT2D eigenvalue weighted by atomic mass is 10.1. The van der Waals surface area contributed by atoms with E-state index in [-0.39, 0.29) is 16.9 Å². The van der Waals surface area contributed by atoms with E-state index in [1.165, 1.54) is 13.2 Å². The quantitative estimate of drug-likeness (QED) is 0.621. The Bertz CT molecular complexity index is 674. The van der Waals surface area contributed by atoms with Crippen molar-refractivity contribution in [2.75, 3.05) is 12.8 Å². The minimum absolute atomic E-state index is 0.0118. The van der Waals surface area contributed by atoms with Crippen molar-refractivity contribution in [3.63, 3.8) is 0 Å². The van der Waals surface area contributed by atoms with Crippen LogP contribution in [0, 0.1) is 0 Å². The van der Waals surface area contributed by atoms with Gasteiger partial charge in [0.25, 0.3) is 0 Å². The fourth-order valence-corrected chi connectivity index (χ4v) is 1.76. The molecule has 94 valence electrons. The molecule has 0 unspecified atom stereocenters. The number of nitrogen functional groups attached to an aromatic ring is 1. The maximum atomic E-state index is 11.7. The molecule has 2 aromatic rings. The second-order valence-corrected chi connectivity index (χ2v) is 3.73. The summed E-state index contributed by atoms with van der Waals surface area (Å²) in [6.07, 6.45) is -0.453. The Morgan fingerprint density at radius 3 is 2.83 bits per heavy atom. The monoisotopic (exact) mass is 249 g/mol. The van der Waals surface area contributed by atoms with E-state index < -0.39 is 18.0 Å². The highest BCUT2D eigenvalue weighted by molar-refractivity contribution is 5.88. The fraction of sp³-hybridized carbons (Fsp3) is 0.167. The van der Waals surface area contributed by atoms with Gasteiger partial charge < -0.3 is 20.0 Å². The molecular formula is C12H11NO5. The first-order chi connectivity index (χ1) is 8.52. The van der Waals surface area contributed by atoms with Crippen LogP contribution in [-0.4, -0.2) is 18.2 Å². The maximum Gasteiger partial charge on any atom is 0.343 e. The van der Waals surface area contributed by atoms with Gasteiger partial charge in [0.15, 0.2) is 0 Å². The first-order valence-corrected chi connectivity index (χ1v) is 5.14. The zero-order valence-corrected chi connectivity index (χ0v) is 9.60. The van der Waals surface area contributed by atoms with Crippen molar-refractivity contribution in [3.8, 4) is 5.75 Å². The Kier molecular flexibility index (Phi) is 2.93. The molecule has 0 aliphatic carbocycles. The van der Waals surface area contributed by atoms with Crippen LogP contribution in [0.5, 0.6) is 5.75 Å². The molecule has 6 heteroatoms. The summed E-state index contributed by atoms with van der Waals surface area (Å²) in [7, 11) is 1.37. The van der Waals surface area contributed by atoms with Crippen LogP contribution < -0.4 is 16.1 Å². The van der Waals surface area contributed by atoms with E-state index in [1.807, 2.05) is 0 Å². The summed E-state index contributed by atoms with van der Waals surface area (Å²) in [5.74, 6) is -0.918. The van der Waals surface area contributed by atoms with Crippen LogP contribution in [0.2, 0.25) is 0 Å². The van der Waals surface area contributed by atoms with E-state index in [2.05, 4.69) is 0 Å². The van der Waals surface area contributed by atoms with Crippen molar-refractivity contribution in [1.82, 2.24) is 0 Å². The number of nitrogens with two attached hydrogens (primary N) is 1. The van der Waals surface area contributed by atoms with Crippen molar-refractivity contribution in [3.05, 3.63) is 34.2 Å². The minimum Gasteiger partial charge on any atom is -0.495 e. The standard InChI is InChI=1S/C12H11NO5/c1-17-11-7-3-2-6(13)4-9(7)18-12(16)8(11)5-10(14)15/h2-4H,5,13H2,1H3,(H,14,15). The van der Waals surface area contributed by atoms with Crippen molar-refractivity contribution in [1.29, 1.82) is 0 Å². The molecule has 0 atom stereocenters. The Morgan fingerprint density at radius 1 is 1.50 bits per heavy atom. The summed E-state index contributed by atoms with van der Waals surface area (Å²) in [5.41, 5.74) is 5.56. The lowest BCUT2D eigenvalue weighted by Crippen LogP contribution is -2.14. The molecule has 0 radical (unpaired) electrons. The third kappa shape index (κ3) is 2.00. The summed E-state index contributed by atoms with van der Waals surface area (Å²) in [4.78, 5) is 22.4. The number of ether oxygens (including phenoxy) is 1. The molecule has 0 saturated heterocycles. The van der Waals surface area contributed by atoms with E-state index >= 15 is 0 Å². The molecule has 0 aliphatic rings. The molecule has 0 aliphatic heterocycles. The number of carboxylic acids is 1. The van der Waals surface area contributed by atoms with Gasteiger partial charge in [-0.1, -0.05) is 0 Å². The summed E-state index contributed by atoms with van der Waals surface area (Å²) >= 11 is 0. The fourth-order valence-electron chi connectivity index (χ4n) is 1.76. The molecule has 0 saturated carbocycles. The van der Waals surface area contributed by atoms with Crippen LogP contribution in [0.15, 0.2) is 27.4 Å². The van der Waals surface area contributed by atoms with Gasteiger partial charge in [-0.3, -0.25) is 4.79 Å². The second kappa shape index (κ2) is 4.40. The second-order valence-electron chi connectivity index (χ2n) is 3.73. The number of benzene rings is 1. The number of carboxylic acid groups (broad SMARTS) is 1. The van der Waals surface area contributed by atoms with E-state index in [9.17, 15) is 9.59 Å². The first kappa shape index (κ1) is 12.0. The highest BCUT2D eigenvalue weighted by Crippen LogP contribution is 2.28. The molecule has 0 spiro atoms. The Hall–Kier alpha value is -2.50. The summed E-state index contributed by atoms with van der Waals surface area (Å²) in [6.45, 7) is 0. The smallest absolute Gasteiger partial charge is 0.343 e. The third-order valence-corrected chi connectivity index (χ3v) is 2.51. The average Bonchev–Trinajstić information content (AvgIpc) is 2.29. The average molecular weight is 249 g/mol. The van der Waals surface area contributed by atoms with Crippen LogP contribution in [0.25, 0.3) is 11.0 Å². The molecule has 1 heterocycles. The van der Waals surface area contributed by atoms with Crippen LogP contribution in [-0.2, 0) is 11.2 Å². The number of anilines is 1. The van der Waals surface area contributed by atoms with Gasteiger partial charge in [-0.2, -0.15) is 0 Å². The predicted octanol–water partition coefficient (Wildman–Crippen LogP) is 1.01. The zero-order chi connectivity index (χ0) is 13.3. The molecule has 3 N–H and O–H groups in total. The van der Waals surface area contributed by atoms with E-state index in [0.717, 1.165) is 0 Å². The summed E-state index contributed by atoms with van der Waals surface area (Å²) in [5, 5.41) is 9.29. The number of fused-ring (bicyclic) bond motifs is 1. The maximum absolute atomic E-state index is 11.7. The number of rotatable bonds is 3. The lowest BCUT2D eigenvalue weighted by Gasteiger charge is -2.08. The largest absolute Gasteiger partial charge is 0.495 e. The number of aliphatic carboxylic acids is 1. The highest BCUT2D eigenvalue weighted by atomic mass is 16.5. The summed E-state index contributed by atoms with van der Waals surface area (Å²) < 4.78 is 10.2. The van der Waals surface area contributed by atoms with Gasteiger partial charge in [0.2, 0.25) is 0 Å². The van der Waals surface area contributed by atoms with Gasteiger partial charge in [0.05, 0.1) is 24.5 Å². The number of methoxy groups -OCH3 is 1. The third-order valence-electron chi connectivity index (χ3n) is 2.51. The molecule has 1 aromatic heterocycles. The molecule has 0 bridgehead atoms. The SMILES string of the molecule is COc1c(CC(=O)O)c(=O)oc2cc(N)ccc12. The Labute approximate surface area is 102 Å². The van der Waals surface area contributed by atoms with E-state index in [0.29, 0.717) is 11.1 Å². The number of hydrogen-bond donors (Lipinski definition) is 2. The van der Waals surface area contributed by atoms with Gasteiger partial charge in [0.1, 0.15) is 11.3 Å². The van der Waals surface area contributed by atoms with Crippen molar-refractivity contribution < 1.29 is 19.1 Å². The van der Waals surface area contributed by atoms with Gasteiger partial charge in [-0.25, -0.2) is 4.79 Å². The molecule has 1 aromatic carbocycles. The molecule has 18 heavy (non-hydrogen) atoms. The van der Waals surface area contributed by atoms with Gasteiger partial charge >= 0.3 is 11.6 Å². The highest BCUT2D eigenvalue weighted by Gasteiger charge is 2.17. The molecule has 0 amide bonds. The molecular weight excluding hydrogens is 238 g/mol. The Balaban J connectivity index is 2.79. The van der Waals surface area contributed by atoms with Crippen molar-refractivity contribution in [2.45, 2.75) is 6.42 Å². The van der Waals surface area contributed by atoms with Crippen LogP contribution >= 0.6 is 0 Å². The number of carbonyl (C=O) groups is 1. The van der Waals surface area contributed by atoms with Gasteiger partial charge in [-0.15, -0.1) is 0 Å². The van der Waals surface area contributed by atoms with Crippen LogP contribution in [0.3, 0.4) is 0 Å². The molecule has 0 fully saturated rings. The van der Waals surface area contributed by atoms with E-state index in [1.54, 1.807) is 12.1 Å². The molecule has 6 nitrogen and oxygen atoms in total. The topological polar surface area (TPSA) is 103 Å². The normalized spacial score (nSPS) is 10.5. The predicted molar refractivity (Wildman–Crippen MR) is 64.8 cm³/mol. The van der Waals surface area contributed by atoms with Crippen LogP contribution in [0.1, 0.15) is 5.56 Å². The van der Waals surface area contributed by atoms with E-state index in [4.69, 9.17) is 20.0 Å². The van der Waals surface area contributed by atoms with Crippen molar-refractivity contribution >= 4 is 22.6 Å². The summed E-state index contributed by atoms with van der Waals surface area (Å²) in [6, 6.07) is 4.73. The van der Waals surface area contributed by atoms with Crippen LogP contribution in [0.4, 0.5) is 5.69 Å². The lowest BCUT2D eigenvalue weighted by molar-refractivity contribution is -0.136. The zero-order valence-electron chi connectivity index (χ0n) is 9.60. The number of hydrogen-bond acceptors (Lipinski definition) is 5. The minimum atomic E-state index is -1.13. The van der Waals surface area contributed by atoms with Gasteiger partial charge in [0, 0.05) is 11.8 Å². The first-order valence-electron chi connectivity index (χ1n) is 5.14.